The number of fused-ring (bicyclic) bond motifs is 1. The average molecular weight is 469 g/mol. The first kappa shape index (κ1) is 22.0. The summed E-state index contributed by atoms with van der Waals surface area (Å²) in [7, 11) is 1.60. The smallest absolute Gasteiger partial charge is 0.256 e. The number of aromatic nitrogens is 4. The van der Waals surface area contributed by atoms with Crippen LogP contribution >= 0.6 is 0 Å². The maximum absolute atomic E-state index is 14.8. The van der Waals surface area contributed by atoms with E-state index < -0.39 is 11.7 Å². The molecule has 3 aromatic heterocycles. The Labute approximate surface area is 200 Å². The van der Waals surface area contributed by atoms with Crippen LogP contribution in [0.1, 0.15) is 16.1 Å². The minimum atomic E-state index is -0.688. The first-order valence-electron chi connectivity index (χ1n) is 10.7. The molecule has 0 bridgehead atoms. The van der Waals surface area contributed by atoms with E-state index in [4.69, 9.17) is 9.47 Å². The van der Waals surface area contributed by atoms with Gasteiger partial charge in [0, 0.05) is 29.0 Å². The Morgan fingerprint density at radius 3 is 2.60 bits per heavy atom. The minimum Gasteiger partial charge on any atom is -0.497 e. The maximum Gasteiger partial charge on any atom is 0.256 e. The Kier molecular flexibility index (Phi) is 5.80. The van der Waals surface area contributed by atoms with Gasteiger partial charge >= 0.3 is 0 Å². The highest BCUT2D eigenvalue weighted by Crippen LogP contribution is 2.27. The molecule has 0 aliphatic carbocycles. The number of carbonyl (C=O) groups is 1. The molecular weight excluding hydrogens is 449 g/mol. The van der Waals surface area contributed by atoms with Crippen LogP contribution in [0.15, 0.2) is 79.0 Å². The van der Waals surface area contributed by atoms with Gasteiger partial charge in [-0.1, -0.05) is 6.07 Å². The standard InChI is InChI=1S/C26H20FN5O3/c1-16-14-25(32-24(29-16)12-13-28-32)35-22-11-8-18(15-20(22)27)26(33)31-23-5-3-4-21(30-23)17-6-9-19(34-2)10-7-17/h3-15H,1-2H3,(H,30,31,33). The SMILES string of the molecule is COc1ccc(-c2cccc(NC(=O)c3ccc(Oc4cc(C)nc5ccnn45)c(F)c3)n2)cc1. The Bertz CT molecular complexity index is 1530. The largest absolute Gasteiger partial charge is 0.497 e. The molecule has 0 aliphatic rings. The number of rotatable bonds is 6. The molecule has 0 unspecified atom stereocenters. The number of halogens is 1. The zero-order valence-electron chi connectivity index (χ0n) is 18.9. The third-order valence-electron chi connectivity index (χ3n) is 5.24. The summed E-state index contributed by atoms with van der Waals surface area (Å²) in [6.07, 6.45) is 1.58. The molecular formula is C26H20FN5O3. The zero-order chi connectivity index (χ0) is 24.4. The quantitative estimate of drug-likeness (QED) is 0.363. The number of hydrogen-bond acceptors (Lipinski definition) is 6. The molecule has 0 radical (unpaired) electrons. The molecule has 1 N–H and O–H groups in total. The molecule has 1 amide bonds. The van der Waals surface area contributed by atoms with E-state index >= 15 is 0 Å². The number of aryl methyl sites for hydroxylation is 1. The van der Waals surface area contributed by atoms with E-state index in [1.807, 2.05) is 30.3 Å². The minimum absolute atomic E-state index is 0.0384. The average Bonchev–Trinajstić information content (AvgIpc) is 3.34. The first-order valence-corrected chi connectivity index (χ1v) is 10.7. The van der Waals surface area contributed by atoms with Crippen LogP contribution in [0.4, 0.5) is 10.2 Å². The van der Waals surface area contributed by atoms with Crippen LogP contribution in [0, 0.1) is 12.7 Å². The molecule has 35 heavy (non-hydrogen) atoms. The van der Waals surface area contributed by atoms with E-state index in [2.05, 4.69) is 20.4 Å². The van der Waals surface area contributed by atoms with E-state index in [-0.39, 0.29) is 11.3 Å². The van der Waals surface area contributed by atoms with Crippen molar-refractivity contribution < 1.29 is 18.7 Å². The van der Waals surface area contributed by atoms with Crippen LogP contribution < -0.4 is 14.8 Å². The van der Waals surface area contributed by atoms with Crippen LogP contribution in [0.5, 0.6) is 17.4 Å². The van der Waals surface area contributed by atoms with Crippen LogP contribution in [-0.4, -0.2) is 32.6 Å². The topological polar surface area (TPSA) is 90.6 Å². The van der Waals surface area contributed by atoms with Crippen molar-refractivity contribution in [3.8, 4) is 28.6 Å². The summed E-state index contributed by atoms with van der Waals surface area (Å²) >= 11 is 0. The van der Waals surface area contributed by atoms with Crippen molar-refractivity contribution in [2.24, 2.45) is 0 Å². The second kappa shape index (κ2) is 9.22. The van der Waals surface area contributed by atoms with Gasteiger partial charge in [0.2, 0.25) is 5.88 Å². The van der Waals surface area contributed by atoms with E-state index in [0.717, 1.165) is 17.4 Å². The van der Waals surface area contributed by atoms with E-state index in [9.17, 15) is 9.18 Å². The van der Waals surface area contributed by atoms with Crippen molar-refractivity contribution >= 4 is 17.4 Å². The summed E-state index contributed by atoms with van der Waals surface area (Å²) in [5, 5.41) is 6.86. The number of benzene rings is 2. The van der Waals surface area contributed by atoms with Gasteiger partial charge in [0.1, 0.15) is 11.6 Å². The summed E-state index contributed by atoms with van der Waals surface area (Å²) in [6, 6.07) is 20.1. The van der Waals surface area contributed by atoms with Crippen molar-refractivity contribution in [1.82, 2.24) is 19.6 Å². The second-order valence-electron chi connectivity index (χ2n) is 7.67. The summed E-state index contributed by atoms with van der Waals surface area (Å²) in [5.74, 6) is 0.172. The molecule has 2 aromatic carbocycles. The van der Waals surface area contributed by atoms with E-state index in [0.29, 0.717) is 28.7 Å². The number of nitrogens with one attached hydrogen (secondary N) is 1. The molecule has 3 heterocycles. The molecule has 0 saturated heterocycles. The Morgan fingerprint density at radius 1 is 1.00 bits per heavy atom. The highest BCUT2D eigenvalue weighted by molar-refractivity contribution is 6.04. The number of pyridine rings is 1. The predicted octanol–water partition coefficient (Wildman–Crippen LogP) is 5.29. The van der Waals surface area contributed by atoms with Crippen molar-refractivity contribution in [1.29, 1.82) is 0 Å². The highest BCUT2D eigenvalue weighted by atomic mass is 19.1. The number of ether oxygens (including phenoxy) is 2. The third kappa shape index (κ3) is 4.65. The number of amides is 1. The van der Waals surface area contributed by atoms with E-state index in [1.54, 1.807) is 44.5 Å². The number of nitrogens with zero attached hydrogens (tertiary/aromatic N) is 4. The summed E-state index contributed by atoms with van der Waals surface area (Å²) in [4.78, 5) is 21.6. The van der Waals surface area contributed by atoms with Gasteiger partial charge in [-0.15, -0.1) is 0 Å². The summed E-state index contributed by atoms with van der Waals surface area (Å²) < 4.78 is 27.2. The fraction of sp³-hybridized carbons (Fsp3) is 0.0769. The predicted molar refractivity (Wildman–Crippen MR) is 128 cm³/mol. The van der Waals surface area contributed by atoms with Crippen LogP contribution in [0.3, 0.4) is 0 Å². The van der Waals surface area contributed by atoms with Gasteiger partial charge < -0.3 is 14.8 Å². The Balaban J connectivity index is 1.33. The second-order valence-corrected chi connectivity index (χ2v) is 7.67. The number of anilines is 1. The fourth-order valence-electron chi connectivity index (χ4n) is 3.53. The van der Waals surface area contributed by atoms with Gasteiger partial charge in [-0.2, -0.15) is 9.61 Å². The molecule has 8 nitrogen and oxygen atoms in total. The van der Waals surface area contributed by atoms with Crippen LogP contribution in [0.25, 0.3) is 16.9 Å². The van der Waals surface area contributed by atoms with Crippen LogP contribution in [0.2, 0.25) is 0 Å². The van der Waals surface area contributed by atoms with Crippen molar-refractivity contribution in [3.63, 3.8) is 0 Å². The molecule has 0 saturated carbocycles. The molecule has 0 aliphatic heterocycles. The van der Waals surface area contributed by atoms with Gasteiger partial charge in [0.15, 0.2) is 17.2 Å². The Hall–Kier alpha value is -4.79. The van der Waals surface area contributed by atoms with Gasteiger partial charge in [-0.3, -0.25) is 4.79 Å². The molecule has 5 aromatic rings. The highest BCUT2D eigenvalue weighted by Gasteiger charge is 2.14. The number of carbonyl (C=O) groups excluding carboxylic acids is 1. The summed E-state index contributed by atoms with van der Waals surface area (Å²) in [6.45, 7) is 1.81. The van der Waals surface area contributed by atoms with Gasteiger partial charge in [0.25, 0.3) is 5.91 Å². The molecule has 0 spiro atoms. The lowest BCUT2D eigenvalue weighted by Crippen LogP contribution is -2.13. The molecule has 9 heteroatoms. The van der Waals surface area contributed by atoms with E-state index in [1.165, 1.54) is 16.6 Å². The number of methoxy groups -OCH3 is 1. The lowest BCUT2D eigenvalue weighted by molar-refractivity contribution is 0.102. The van der Waals surface area contributed by atoms with Gasteiger partial charge in [-0.05, 0) is 61.5 Å². The lowest BCUT2D eigenvalue weighted by atomic mass is 10.1. The monoisotopic (exact) mass is 469 g/mol. The normalized spacial score (nSPS) is 10.8. The van der Waals surface area contributed by atoms with Crippen molar-refractivity contribution in [2.75, 3.05) is 12.4 Å². The van der Waals surface area contributed by atoms with Crippen molar-refractivity contribution in [3.05, 3.63) is 96.1 Å². The first-order chi connectivity index (χ1) is 17.0. The lowest BCUT2D eigenvalue weighted by Gasteiger charge is -2.11. The van der Waals surface area contributed by atoms with Gasteiger partial charge in [0.05, 0.1) is 19.0 Å². The summed E-state index contributed by atoms with van der Waals surface area (Å²) in [5.41, 5.74) is 2.96. The maximum atomic E-state index is 14.8. The fourth-order valence-corrected chi connectivity index (χ4v) is 3.53. The molecule has 0 atom stereocenters. The van der Waals surface area contributed by atoms with Gasteiger partial charge in [-0.25, -0.2) is 14.4 Å². The van der Waals surface area contributed by atoms with Crippen molar-refractivity contribution in [2.45, 2.75) is 6.92 Å². The Morgan fingerprint density at radius 2 is 1.83 bits per heavy atom. The molecule has 174 valence electrons. The molecule has 5 rings (SSSR count). The molecule has 0 fully saturated rings. The van der Waals surface area contributed by atoms with Crippen LogP contribution in [-0.2, 0) is 0 Å². The number of hydrogen-bond donors (Lipinski definition) is 1. The third-order valence-corrected chi connectivity index (χ3v) is 5.24. The zero-order valence-corrected chi connectivity index (χ0v) is 18.9.